The Balaban J connectivity index is 1.57. The number of carbonyl (C=O) groups is 1. The summed E-state index contributed by atoms with van der Waals surface area (Å²) in [5.74, 6) is -0.891. The Kier molecular flexibility index (Phi) is 6.54. The number of nitrogens with zero attached hydrogens (tertiary/aromatic N) is 3. The number of nitro benzene ring substituents is 1. The molecule has 0 unspecified atom stereocenters. The summed E-state index contributed by atoms with van der Waals surface area (Å²) >= 11 is 1.15. The number of benzene rings is 3. The fourth-order valence-electron chi connectivity index (χ4n) is 4.41. The number of esters is 1. The number of aryl methyl sites for hydroxylation is 1. The fourth-order valence-corrected chi connectivity index (χ4v) is 5.45. The molecule has 0 saturated carbocycles. The lowest BCUT2D eigenvalue weighted by atomic mass is 10.1. The molecule has 3 aromatic carbocycles. The van der Waals surface area contributed by atoms with Crippen LogP contribution in [0.3, 0.4) is 0 Å². The number of rotatable bonds is 6. The average Bonchev–Trinajstić information content (AvgIpc) is 3.37. The van der Waals surface area contributed by atoms with Crippen molar-refractivity contribution in [3.8, 4) is 0 Å². The Morgan fingerprint density at radius 3 is 2.51 bits per heavy atom. The number of aliphatic hydroxyl groups excluding tert-OH is 1. The molecule has 9 heteroatoms. The van der Waals surface area contributed by atoms with Crippen molar-refractivity contribution in [2.45, 2.75) is 20.4 Å². The minimum absolute atomic E-state index is 0.0277. The summed E-state index contributed by atoms with van der Waals surface area (Å²) in [5, 5.41) is 24.5. The zero-order valence-corrected chi connectivity index (χ0v) is 21.0. The average molecular weight is 514 g/mol. The standard InChI is InChI=1S/C28H23N3O5S/c1-3-30-22-8-6-5-7-20(22)21-15-17(9-14-23(21)30)16-24-26(32)25(28(33)36-4-2)27(37-24)29-18-10-12-19(13-11-18)31(34)35/h5-16,32H,3-4H2,1-2H3. The number of non-ortho nitro benzene ring substituents is 1. The molecular weight excluding hydrogens is 490 g/mol. The Hall–Kier alpha value is -4.37. The first kappa shape index (κ1) is 24.3. The fraction of sp³-hybridized carbons (Fsp3) is 0.143. The molecule has 0 atom stereocenters. The molecule has 8 nitrogen and oxygen atoms in total. The van der Waals surface area contributed by atoms with Gasteiger partial charge in [0.15, 0.2) is 0 Å². The zero-order chi connectivity index (χ0) is 26.1. The second-order valence-corrected chi connectivity index (χ2v) is 9.31. The van der Waals surface area contributed by atoms with Crippen molar-refractivity contribution < 1.29 is 19.6 Å². The lowest BCUT2D eigenvalue weighted by molar-refractivity contribution is -0.384. The van der Waals surface area contributed by atoms with Gasteiger partial charge in [-0.1, -0.05) is 36.0 Å². The van der Waals surface area contributed by atoms with E-state index in [1.165, 1.54) is 24.3 Å². The molecule has 1 aliphatic rings. The first-order valence-corrected chi connectivity index (χ1v) is 12.6. The van der Waals surface area contributed by atoms with Crippen molar-refractivity contribution in [3.05, 3.63) is 98.6 Å². The van der Waals surface area contributed by atoms with Gasteiger partial charge in [-0.2, -0.15) is 0 Å². The van der Waals surface area contributed by atoms with Crippen LogP contribution in [0.4, 0.5) is 11.4 Å². The van der Waals surface area contributed by atoms with Crippen molar-refractivity contribution in [2.24, 2.45) is 4.99 Å². The van der Waals surface area contributed by atoms with Gasteiger partial charge >= 0.3 is 5.97 Å². The third-order valence-electron chi connectivity index (χ3n) is 6.07. The van der Waals surface area contributed by atoms with Crippen LogP contribution in [0.15, 0.2) is 88.0 Å². The maximum atomic E-state index is 12.7. The molecular formula is C28H23N3O5S. The number of ether oxygens (including phenoxy) is 1. The number of aliphatic hydroxyl groups is 1. The second-order valence-electron chi connectivity index (χ2n) is 8.28. The van der Waals surface area contributed by atoms with Crippen LogP contribution in [0.5, 0.6) is 0 Å². The van der Waals surface area contributed by atoms with Gasteiger partial charge in [-0.05, 0) is 55.8 Å². The van der Waals surface area contributed by atoms with Gasteiger partial charge in [0.1, 0.15) is 16.4 Å². The van der Waals surface area contributed by atoms with E-state index in [1.54, 1.807) is 6.92 Å². The smallest absolute Gasteiger partial charge is 0.344 e. The molecule has 0 fully saturated rings. The van der Waals surface area contributed by atoms with Gasteiger partial charge in [0.2, 0.25) is 0 Å². The van der Waals surface area contributed by atoms with Gasteiger partial charge in [-0.25, -0.2) is 9.79 Å². The largest absolute Gasteiger partial charge is 0.506 e. The first-order chi connectivity index (χ1) is 17.9. The van der Waals surface area contributed by atoms with E-state index in [2.05, 4.69) is 40.7 Å². The van der Waals surface area contributed by atoms with Gasteiger partial charge in [0, 0.05) is 40.5 Å². The van der Waals surface area contributed by atoms with E-state index >= 15 is 0 Å². The molecule has 37 heavy (non-hydrogen) atoms. The van der Waals surface area contributed by atoms with Crippen LogP contribution in [-0.4, -0.2) is 32.2 Å². The summed E-state index contributed by atoms with van der Waals surface area (Å²) < 4.78 is 7.43. The Labute approximate surface area is 216 Å². The highest BCUT2D eigenvalue weighted by atomic mass is 32.2. The van der Waals surface area contributed by atoms with Crippen molar-refractivity contribution >= 4 is 62.0 Å². The summed E-state index contributed by atoms with van der Waals surface area (Å²) in [4.78, 5) is 28.1. The van der Waals surface area contributed by atoms with Gasteiger partial charge in [-0.15, -0.1) is 0 Å². The van der Waals surface area contributed by atoms with Gasteiger partial charge in [0.25, 0.3) is 5.69 Å². The summed E-state index contributed by atoms with van der Waals surface area (Å²) in [6, 6.07) is 20.0. The number of aliphatic imine (C=N–C) groups is 1. The molecule has 0 radical (unpaired) electrons. The van der Waals surface area contributed by atoms with Crippen LogP contribution < -0.4 is 0 Å². The molecule has 1 aliphatic heterocycles. The number of thioether (sulfide) groups is 1. The Bertz CT molecular complexity index is 1650. The van der Waals surface area contributed by atoms with E-state index in [0.29, 0.717) is 10.6 Å². The number of carbonyl (C=O) groups excluding carboxylic acids is 1. The third kappa shape index (κ3) is 4.49. The van der Waals surface area contributed by atoms with Crippen molar-refractivity contribution in [1.82, 2.24) is 4.57 Å². The van der Waals surface area contributed by atoms with E-state index in [4.69, 9.17) is 4.74 Å². The van der Waals surface area contributed by atoms with E-state index in [1.807, 2.05) is 24.3 Å². The highest BCUT2D eigenvalue weighted by molar-refractivity contribution is 8.18. The maximum absolute atomic E-state index is 12.7. The Morgan fingerprint density at radius 2 is 1.81 bits per heavy atom. The van der Waals surface area contributed by atoms with Crippen LogP contribution >= 0.6 is 11.8 Å². The van der Waals surface area contributed by atoms with Gasteiger partial charge in [-0.3, -0.25) is 10.1 Å². The molecule has 0 saturated heterocycles. The van der Waals surface area contributed by atoms with E-state index in [9.17, 15) is 20.0 Å². The number of hydrogen-bond donors (Lipinski definition) is 1. The maximum Gasteiger partial charge on any atom is 0.344 e. The minimum Gasteiger partial charge on any atom is -0.506 e. The quantitative estimate of drug-likeness (QED) is 0.170. The monoisotopic (exact) mass is 513 g/mol. The SMILES string of the molecule is CCOC(=O)C1=C(O)C(=Cc2ccc3c(c2)c2ccccc2n3CC)SC1=Nc1ccc([N+](=O)[O-])cc1. The molecule has 5 rings (SSSR count). The molecule has 2 heterocycles. The molecule has 1 aromatic heterocycles. The predicted molar refractivity (Wildman–Crippen MR) is 147 cm³/mol. The molecule has 0 amide bonds. The molecule has 186 valence electrons. The summed E-state index contributed by atoms with van der Waals surface area (Å²) in [5.41, 5.74) is 3.47. The summed E-state index contributed by atoms with van der Waals surface area (Å²) in [6.45, 7) is 4.78. The minimum atomic E-state index is -0.682. The summed E-state index contributed by atoms with van der Waals surface area (Å²) in [7, 11) is 0. The van der Waals surface area contributed by atoms with Crippen LogP contribution in [-0.2, 0) is 16.1 Å². The van der Waals surface area contributed by atoms with E-state index in [-0.39, 0.29) is 28.7 Å². The van der Waals surface area contributed by atoms with E-state index in [0.717, 1.165) is 45.7 Å². The lowest BCUT2D eigenvalue weighted by Gasteiger charge is -2.03. The number of hydrogen-bond acceptors (Lipinski definition) is 7. The highest BCUT2D eigenvalue weighted by Gasteiger charge is 2.33. The highest BCUT2D eigenvalue weighted by Crippen LogP contribution is 2.41. The van der Waals surface area contributed by atoms with Gasteiger partial charge < -0.3 is 14.4 Å². The molecule has 0 spiro atoms. The van der Waals surface area contributed by atoms with Gasteiger partial charge in [0.05, 0.1) is 22.1 Å². The third-order valence-corrected chi connectivity index (χ3v) is 7.09. The molecule has 0 aliphatic carbocycles. The number of fused-ring (bicyclic) bond motifs is 3. The number of nitro groups is 1. The van der Waals surface area contributed by atoms with Crippen molar-refractivity contribution in [3.63, 3.8) is 0 Å². The van der Waals surface area contributed by atoms with Crippen molar-refractivity contribution in [1.29, 1.82) is 0 Å². The van der Waals surface area contributed by atoms with Crippen LogP contribution in [0.25, 0.3) is 27.9 Å². The van der Waals surface area contributed by atoms with Crippen LogP contribution in [0.1, 0.15) is 19.4 Å². The van der Waals surface area contributed by atoms with Crippen LogP contribution in [0.2, 0.25) is 0 Å². The number of para-hydroxylation sites is 1. The lowest BCUT2D eigenvalue weighted by Crippen LogP contribution is -2.12. The first-order valence-electron chi connectivity index (χ1n) is 11.8. The Morgan fingerprint density at radius 1 is 1.08 bits per heavy atom. The molecule has 0 bridgehead atoms. The zero-order valence-electron chi connectivity index (χ0n) is 20.2. The molecule has 4 aromatic rings. The second kappa shape index (κ2) is 9.94. The summed E-state index contributed by atoms with van der Waals surface area (Å²) in [6.07, 6.45) is 1.81. The predicted octanol–water partition coefficient (Wildman–Crippen LogP) is 6.92. The topological polar surface area (TPSA) is 107 Å². The van der Waals surface area contributed by atoms with Crippen molar-refractivity contribution in [2.75, 3.05) is 6.61 Å². The van der Waals surface area contributed by atoms with Crippen LogP contribution in [0, 0.1) is 10.1 Å². The number of aromatic nitrogens is 1. The van der Waals surface area contributed by atoms with E-state index < -0.39 is 10.9 Å². The normalized spacial score (nSPS) is 15.8. The molecule has 1 N–H and O–H groups in total.